The molecule has 0 amide bonds. The molecule has 0 radical (unpaired) electrons. The maximum atomic E-state index is 13.2. The van der Waals surface area contributed by atoms with Gasteiger partial charge in [-0.1, -0.05) is 37.0 Å². The van der Waals surface area contributed by atoms with E-state index in [0.29, 0.717) is 0 Å². The molecule has 0 saturated heterocycles. The number of hydrogen-bond acceptors (Lipinski definition) is 3. The van der Waals surface area contributed by atoms with Gasteiger partial charge in [0.1, 0.15) is 5.82 Å². The quantitative estimate of drug-likeness (QED) is 0.353. The summed E-state index contributed by atoms with van der Waals surface area (Å²) in [5.41, 5.74) is 3.24. The summed E-state index contributed by atoms with van der Waals surface area (Å²) in [6.07, 6.45) is 1.97. The first-order valence-corrected chi connectivity index (χ1v) is 10.6. The van der Waals surface area contributed by atoms with Crippen LogP contribution in [0.1, 0.15) is 25.3 Å². The van der Waals surface area contributed by atoms with Crippen LogP contribution in [0.4, 0.5) is 4.39 Å². The first kappa shape index (κ1) is 20.5. The second-order valence-electron chi connectivity index (χ2n) is 6.70. The van der Waals surface area contributed by atoms with Crippen LogP contribution in [0.15, 0.2) is 47.8 Å². The molecular formula is C24H26FNOS. The maximum Gasteiger partial charge on any atom is 0.123 e. The lowest BCUT2D eigenvalue weighted by molar-refractivity contribution is 0.150. The number of benzene rings is 2. The van der Waals surface area contributed by atoms with Gasteiger partial charge in [-0.25, -0.2) is 4.39 Å². The minimum atomic E-state index is -0.207. The lowest BCUT2D eigenvalue weighted by Gasteiger charge is -2.18. The van der Waals surface area contributed by atoms with E-state index in [2.05, 4.69) is 47.2 Å². The zero-order valence-electron chi connectivity index (χ0n) is 16.5. The van der Waals surface area contributed by atoms with Crippen molar-refractivity contribution in [1.29, 1.82) is 0 Å². The Bertz CT molecular complexity index is 952. The van der Waals surface area contributed by atoms with E-state index in [4.69, 9.17) is 4.74 Å². The second-order valence-corrected chi connectivity index (χ2v) is 7.61. The lowest BCUT2D eigenvalue weighted by atomic mass is 10.0. The first-order valence-electron chi connectivity index (χ1n) is 9.68. The molecule has 0 bridgehead atoms. The molecule has 28 heavy (non-hydrogen) atoms. The predicted octanol–water partition coefficient (Wildman–Crippen LogP) is 5.81. The largest absolute Gasteiger partial charge is 0.383 e. The van der Waals surface area contributed by atoms with Gasteiger partial charge in [-0.15, -0.1) is 11.3 Å². The van der Waals surface area contributed by atoms with Crippen LogP contribution < -0.4 is 0 Å². The van der Waals surface area contributed by atoms with Gasteiger partial charge in [0.15, 0.2) is 0 Å². The molecular weight excluding hydrogens is 369 g/mol. The number of methoxy groups -OCH3 is 1. The van der Waals surface area contributed by atoms with Crippen molar-refractivity contribution in [3.63, 3.8) is 0 Å². The Balaban J connectivity index is 1.61. The first-order chi connectivity index (χ1) is 13.7. The minimum Gasteiger partial charge on any atom is -0.383 e. The summed E-state index contributed by atoms with van der Waals surface area (Å²) in [6, 6.07) is 13.0. The third-order valence-electron chi connectivity index (χ3n) is 4.80. The highest BCUT2D eigenvalue weighted by atomic mass is 32.1. The summed E-state index contributed by atoms with van der Waals surface area (Å²) in [6.45, 7) is 6.03. The average Bonchev–Trinajstić information content (AvgIpc) is 3.14. The highest BCUT2D eigenvalue weighted by Crippen LogP contribution is 2.34. The average molecular weight is 396 g/mol. The van der Waals surface area contributed by atoms with Gasteiger partial charge in [0.05, 0.1) is 6.61 Å². The van der Waals surface area contributed by atoms with E-state index < -0.39 is 0 Å². The van der Waals surface area contributed by atoms with Gasteiger partial charge >= 0.3 is 0 Å². The van der Waals surface area contributed by atoms with Crippen molar-refractivity contribution >= 4 is 21.4 Å². The number of likely N-dealkylation sites (N-methyl/N-ethyl adjacent to an activating group) is 1. The Morgan fingerprint density at radius 1 is 1.11 bits per heavy atom. The summed E-state index contributed by atoms with van der Waals surface area (Å²) < 4.78 is 19.5. The third-order valence-corrected chi connectivity index (χ3v) is 5.74. The van der Waals surface area contributed by atoms with Crippen LogP contribution in [0.25, 0.3) is 21.2 Å². The molecule has 3 aromatic rings. The van der Waals surface area contributed by atoms with E-state index in [1.165, 1.54) is 22.2 Å². The summed E-state index contributed by atoms with van der Waals surface area (Å²) in [5.74, 6) is 6.39. The van der Waals surface area contributed by atoms with Crippen LogP contribution in [-0.2, 0) is 4.74 Å². The topological polar surface area (TPSA) is 12.5 Å². The molecule has 0 saturated carbocycles. The minimum absolute atomic E-state index is 0.207. The zero-order chi connectivity index (χ0) is 19.8. The highest BCUT2D eigenvalue weighted by molar-refractivity contribution is 7.17. The number of ether oxygens (including phenoxy) is 1. The molecule has 0 aliphatic rings. The van der Waals surface area contributed by atoms with Crippen molar-refractivity contribution in [2.45, 2.75) is 19.8 Å². The second kappa shape index (κ2) is 10.4. The molecule has 4 heteroatoms. The molecule has 0 N–H and O–H groups in total. The monoisotopic (exact) mass is 395 g/mol. The highest BCUT2D eigenvalue weighted by Gasteiger charge is 2.07. The molecule has 0 aliphatic heterocycles. The Labute approximate surface area is 170 Å². The number of rotatable bonds is 8. The van der Waals surface area contributed by atoms with Crippen molar-refractivity contribution < 1.29 is 9.13 Å². The van der Waals surface area contributed by atoms with E-state index in [1.807, 2.05) is 12.1 Å². The van der Waals surface area contributed by atoms with Gasteiger partial charge in [-0.05, 0) is 54.7 Å². The fourth-order valence-corrected chi connectivity index (χ4v) is 4.17. The Hall–Kier alpha value is -2.19. The van der Waals surface area contributed by atoms with E-state index in [-0.39, 0.29) is 5.82 Å². The Kier molecular flexibility index (Phi) is 7.62. The molecule has 0 aliphatic carbocycles. The zero-order valence-corrected chi connectivity index (χ0v) is 17.3. The number of fused-ring (bicyclic) bond motifs is 1. The van der Waals surface area contributed by atoms with Crippen LogP contribution in [0.3, 0.4) is 0 Å². The molecule has 1 aromatic heterocycles. The van der Waals surface area contributed by atoms with Crippen LogP contribution in [0.2, 0.25) is 0 Å². The summed E-state index contributed by atoms with van der Waals surface area (Å²) in [7, 11) is 1.74. The smallest absolute Gasteiger partial charge is 0.123 e. The third kappa shape index (κ3) is 5.42. The molecule has 0 fully saturated rings. The summed E-state index contributed by atoms with van der Waals surface area (Å²) in [5, 5.41) is 3.33. The molecule has 146 valence electrons. The van der Waals surface area contributed by atoms with Crippen LogP contribution in [0, 0.1) is 17.7 Å². The Morgan fingerprint density at radius 2 is 1.93 bits per heavy atom. The van der Waals surface area contributed by atoms with Crippen molar-refractivity contribution in [2.24, 2.45) is 0 Å². The molecule has 1 heterocycles. The van der Waals surface area contributed by atoms with E-state index in [9.17, 15) is 4.39 Å². The fraction of sp³-hybridized carbons (Fsp3) is 0.333. The van der Waals surface area contributed by atoms with Crippen molar-refractivity contribution in [3.8, 4) is 23.0 Å². The van der Waals surface area contributed by atoms with E-state index in [1.54, 1.807) is 18.4 Å². The van der Waals surface area contributed by atoms with Crippen LogP contribution in [0.5, 0.6) is 0 Å². The number of hydrogen-bond donors (Lipinski definition) is 0. The fourth-order valence-electron chi connectivity index (χ4n) is 3.16. The van der Waals surface area contributed by atoms with Crippen LogP contribution in [-0.4, -0.2) is 38.3 Å². The van der Waals surface area contributed by atoms with Crippen molar-refractivity contribution in [3.05, 3.63) is 59.2 Å². The van der Waals surface area contributed by atoms with Gasteiger partial charge < -0.3 is 9.64 Å². The van der Waals surface area contributed by atoms with Gasteiger partial charge in [-0.3, -0.25) is 0 Å². The molecule has 0 atom stereocenters. The standard InChI is InChI=1S/C24H26FNOS/c1-3-26(15-16-27-2)14-6-4-5-7-19-8-13-22-23(18-28-24(22)17-19)20-9-11-21(25)12-10-20/h8-13,17-18H,3-4,6,14-16H2,1-2H3. The van der Waals surface area contributed by atoms with Crippen molar-refractivity contribution in [2.75, 3.05) is 33.4 Å². The maximum absolute atomic E-state index is 13.2. The lowest BCUT2D eigenvalue weighted by Crippen LogP contribution is -2.28. The SMILES string of the molecule is CCN(CCCC#Cc1ccc2c(-c3ccc(F)cc3)csc2c1)CCOC. The van der Waals surface area contributed by atoms with Crippen LogP contribution >= 0.6 is 11.3 Å². The normalized spacial score (nSPS) is 11.0. The molecule has 0 unspecified atom stereocenters. The number of halogens is 1. The van der Waals surface area contributed by atoms with E-state index >= 15 is 0 Å². The Morgan fingerprint density at radius 3 is 2.68 bits per heavy atom. The van der Waals surface area contributed by atoms with Gasteiger partial charge in [0.2, 0.25) is 0 Å². The van der Waals surface area contributed by atoms with Gasteiger partial charge in [-0.2, -0.15) is 0 Å². The molecule has 2 nitrogen and oxygen atoms in total. The van der Waals surface area contributed by atoms with E-state index in [0.717, 1.165) is 55.8 Å². The number of thiophene rings is 1. The number of nitrogens with zero attached hydrogens (tertiary/aromatic N) is 1. The number of unbranched alkanes of at least 4 members (excludes halogenated alkanes) is 1. The summed E-state index contributed by atoms with van der Waals surface area (Å²) in [4.78, 5) is 2.39. The van der Waals surface area contributed by atoms with Gasteiger partial charge in [0, 0.05) is 41.3 Å². The van der Waals surface area contributed by atoms with Gasteiger partial charge in [0.25, 0.3) is 0 Å². The molecule has 0 spiro atoms. The van der Waals surface area contributed by atoms with Crippen molar-refractivity contribution in [1.82, 2.24) is 4.90 Å². The predicted molar refractivity (Wildman–Crippen MR) is 117 cm³/mol. The molecule has 2 aromatic carbocycles. The summed E-state index contributed by atoms with van der Waals surface area (Å²) >= 11 is 1.71. The molecule has 3 rings (SSSR count).